The number of benzene rings is 1. The van der Waals surface area contributed by atoms with Crippen LogP contribution in [0.5, 0.6) is 0 Å². The highest BCUT2D eigenvalue weighted by Crippen LogP contribution is 2.25. The molecule has 0 bridgehead atoms. The number of nitrogens with two attached hydrogens (primary N) is 1. The highest BCUT2D eigenvalue weighted by Gasteiger charge is 2.12. The Morgan fingerprint density at radius 3 is 2.77 bits per heavy atom. The van der Waals surface area contributed by atoms with Crippen LogP contribution in [0, 0.1) is 6.92 Å². The molecule has 0 amide bonds. The van der Waals surface area contributed by atoms with Gasteiger partial charge in [0.25, 0.3) is 0 Å². The predicted molar refractivity (Wildman–Crippen MR) is 83.1 cm³/mol. The summed E-state index contributed by atoms with van der Waals surface area (Å²) in [6.07, 6.45) is 1.56. The van der Waals surface area contributed by atoms with E-state index in [1.165, 1.54) is 5.56 Å². The van der Waals surface area contributed by atoms with Crippen molar-refractivity contribution in [3.05, 3.63) is 54.2 Å². The van der Waals surface area contributed by atoms with Gasteiger partial charge in [-0.25, -0.2) is 4.98 Å². The first kappa shape index (κ1) is 12.6. The average Bonchev–Trinajstić information content (AvgIpc) is 3.16. The Bertz CT molecular complexity index is 956. The van der Waals surface area contributed by atoms with Gasteiger partial charge in [0.2, 0.25) is 11.6 Å². The second-order valence-corrected chi connectivity index (χ2v) is 5.12. The van der Waals surface area contributed by atoms with E-state index in [9.17, 15) is 0 Å². The van der Waals surface area contributed by atoms with Crippen LogP contribution >= 0.6 is 0 Å². The topological polar surface area (TPSA) is 82.2 Å². The van der Waals surface area contributed by atoms with Crippen molar-refractivity contribution >= 4 is 11.5 Å². The van der Waals surface area contributed by atoms with Crippen LogP contribution in [0.25, 0.3) is 28.4 Å². The molecule has 0 spiro atoms. The monoisotopic (exact) mass is 291 g/mol. The molecule has 6 nitrogen and oxygen atoms in total. The van der Waals surface area contributed by atoms with Crippen molar-refractivity contribution in [3.63, 3.8) is 0 Å². The number of hydrogen-bond donors (Lipinski definition) is 1. The van der Waals surface area contributed by atoms with Crippen molar-refractivity contribution in [2.24, 2.45) is 0 Å². The zero-order valence-corrected chi connectivity index (χ0v) is 11.9. The minimum atomic E-state index is 0.464. The zero-order valence-electron chi connectivity index (χ0n) is 11.9. The summed E-state index contributed by atoms with van der Waals surface area (Å²) in [5.41, 5.74) is 10.1. The van der Waals surface area contributed by atoms with Crippen LogP contribution < -0.4 is 5.73 Å². The number of nitrogens with zero attached hydrogens (tertiary/aromatic N) is 4. The number of anilines is 1. The molecule has 0 radical (unpaired) electrons. The highest BCUT2D eigenvalue weighted by atomic mass is 16.5. The molecule has 108 valence electrons. The van der Waals surface area contributed by atoms with Crippen LogP contribution in [0.2, 0.25) is 0 Å². The third-order valence-corrected chi connectivity index (χ3v) is 3.47. The Labute approximate surface area is 126 Å². The van der Waals surface area contributed by atoms with E-state index in [0.717, 1.165) is 11.1 Å². The summed E-state index contributed by atoms with van der Waals surface area (Å²) in [7, 11) is 0. The Morgan fingerprint density at radius 2 is 2.00 bits per heavy atom. The lowest BCUT2D eigenvalue weighted by Crippen LogP contribution is -1.99. The quantitative estimate of drug-likeness (QED) is 0.614. The number of pyridine rings is 1. The molecule has 0 aliphatic rings. The summed E-state index contributed by atoms with van der Waals surface area (Å²) < 4.78 is 6.68. The second-order valence-electron chi connectivity index (χ2n) is 5.12. The number of rotatable bonds is 2. The van der Waals surface area contributed by atoms with E-state index in [-0.39, 0.29) is 0 Å². The largest absolute Gasteiger partial charge is 0.384 e. The van der Waals surface area contributed by atoms with Crippen molar-refractivity contribution in [2.75, 3.05) is 5.73 Å². The summed E-state index contributed by atoms with van der Waals surface area (Å²) in [6, 6.07) is 13.8. The summed E-state index contributed by atoms with van der Waals surface area (Å²) >= 11 is 0. The summed E-state index contributed by atoms with van der Waals surface area (Å²) in [4.78, 5) is 4.46. The molecule has 6 heteroatoms. The number of aryl methyl sites for hydroxylation is 1. The summed E-state index contributed by atoms with van der Waals surface area (Å²) in [5.74, 6) is 1.50. The molecule has 0 saturated carbocycles. The van der Waals surface area contributed by atoms with E-state index >= 15 is 0 Å². The minimum Gasteiger partial charge on any atom is -0.384 e. The van der Waals surface area contributed by atoms with Crippen molar-refractivity contribution in [1.82, 2.24) is 19.8 Å². The maximum absolute atomic E-state index is 6.11. The standard InChI is InChI=1S/C16H13N5O/c1-10-3-2-4-11(7-10)12-8-14(17)21-15(9-12)19-16(20-21)13-5-6-18-22-13/h2-9H,17H2,1H3. The van der Waals surface area contributed by atoms with Gasteiger partial charge in [-0.3, -0.25) is 0 Å². The lowest BCUT2D eigenvalue weighted by Gasteiger charge is -2.05. The number of aromatic nitrogens is 4. The molecule has 22 heavy (non-hydrogen) atoms. The molecule has 3 aromatic heterocycles. The molecule has 0 fully saturated rings. The number of nitrogen functional groups attached to an aromatic ring is 1. The highest BCUT2D eigenvalue weighted by molar-refractivity contribution is 5.72. The fourth-order valence-electron chi connectivity index (χ4n) is 2.44. The minimum absolute atomic E-state index is 0.464. The molecule has 0 aliphatic heterocycles. The van der Waals surface area contributed by atoms with E-state index in [2.05, 4.69) is 34.3 Å². The molecular weight excluding hydrogens is 278 g/mol. The van der Waals surface area contributed by atoms with Gasteiger partial charge in [-0.1, -0.05) is 35.0 Å². The van der Waals surface area contributed by atoms with E-state index in [0.29, 0.717) is 23.0 Å². The van der Waals surface area contributed by atoms with Crippen LogP contribution in [0.1, 0.15) is 5.56 Å². The smallest absolute Gasteiger partial charge is 0.220 e. The summed E-state index contributed by atoms with van der Waals surface area (Å²) in [5, 5.41) is 8.02. The molecule has 3 heterocycles. The van der Waals surface area contributed by atoms with Crippen LogP contribution in [0.3, 0.4) is 0 Å². The molecule has 0 atom stereocenters. The molecule has 4 aromatic rings. The normalized spacial score (nSPS) is 11.1. The first-order valence-electron chi connectivity index (χ1n) is 6.85. The van der Waals surface area contributed by atoms with Gasteiger partial charge < -0.3 is 10.3 Å². The number of hydrogen-bond acceptors (Lipinski definition) is 5. The molecule has 0 unspecified atom stereocenters. The van der Waals surface area contributed by atoms with Crippen LogP contribution in [-0.4, -0.2) is 19.8 Å². The van der Waals surface area contributed by atoms with E-state index in [1.807, 2.05) is 24.3 Å². The van der Waals surface area contributed by atoms with Gasteiger partial charge >= 0.3 is 0 Å². The summed E-state index contributed by atoms with van der Waals surface area (Å²) in [6.45, 7) is 2.06. The molecule has 2 N–H and O–H groups in total. The Kier molecular flexibility index (Phi) is 2.69. The van der Waals surface area contributed by atoms with Crippen molar-refractivity contribution in [2.45, 2.75) is 6.92 Å². The van der Waals surface area contributed by atoms with E-state index < -0.39 is 0 Å². The zero-order chi connectivity index (χ0) is 15.1. The third-order valence-electron chi connectivity index (χ3n) is 3.47. The molecule has 0 saturated heterocycles. The predicted octanol–water partition coefficient (Wildman–Crippen LogP) is 2.94. The van der Waals surface area contributed by atoms with Crippen molar-refractivity contribution in [3.8, 4) is 22.7 Å². The van der Waals surface area contributed by atoms with E-state index in [4.69, 9.17) is 10.3 Å². The first-order chi connectivity index (χ1) is 10.7. The maximum atomic E-state index is 6.11. The number of fused-ring (bicyclic) bond motifs is 1. The van der Waals surface area contributed by atoms with Gasteiger partial charge in [0, 0.05) is 6.07 Å². The maximum Gasteiger partial charge on any atom is 0.220 e. The van der Waals surface area contributed by atoms with Crippen LogP contribution in [0.15, 0.2) is 53.2 Å². The lowest BCUT2D eigenvalue weighted by atomic mass is 10.0. The Balaban J connectivity index is 1.89. The molecule has 4 rings (SSSR count). The van der Waals surface area contributed by atoms with Crippen LogP contribution in [0.4, 0.5) is 5.82 Å². The lowest BCUT2D eigenvalue weighted by molar-refractivity contribution is 0.429. The third kappa shape index (κ3) is 2.01. The average molecular weight is 291 g/mol. The van der Waals surface area contributed by atoms with Gasteiger partial charge in [-0.05, 0) is 30.2 Å². The van der Waals surface area contributed by atoms with Gasteiger partial charge in [0.05, 0.1) is 6.20 Å². The molecule has 0 aliphatic carbocycles. The Hall–Kier alpha value is -3.15. The first-order valence-corrected chi connectivity index (χ1v) is 6.85. The van der Waals surface area contributed by atoms with Crippen molar-refractivity contribution < 1.29 is 4.52 Å². The van der Waals surface area contributed by atoms with Gasteiger partial charge in [0.15, 0.2) is 5.65 Å². The van der Waals surface area contributed by atoms with Crippen molar-refractivity contribution in [1.29, 1.82) is 0 Å². The van der Waals surface area contributed by atoms with Gasteiger partial charge in [-0.15, -0.1) is 5.10 Å². The van der Waals surface area contributed by atoms with Gasteiger partial charge in [0.1, 0.15) is 5.82 Å². The van der Waals surface area contributed by atoms with E-state index in [1.54, 1.807) is 16.8 Å². The fourth-order valence-corrected chi connectivity index (χ4v) is 2.44. The molecule has 1 aromatic carbocycles. The SMILES string of the molecule is Cc1cccc(-c2cc(N)n3nc(-c4ccno4)nc3c2)c1. The Morgan fingerprint density at radius 1 is 1.09 bits per heavy atom. The second kappa shape index (κ2) is 4.70. The van der Waals surface area contributed by atoms with Crippen LogP contribution in [-0.2, 0) is 0 Å². The molecular formula is C16H13N5O. The fraction of sp³-hybridized carbons (Fsp3) is 0.0625. The van der Waals surface area contributed by atoms with Gasteiger partial charge in [-0.2, -0.15) is 4.52 Å².